The van der Waals surface area contributed by atoms with Gasteiger partial charge in [-0.2, -0.15) is 13.2 Å². The third-order valence-corrected chi connectivity index (χ3v) is 8.83. The summed E-state index contributed by atoms with van der Waals surface area (Å²) in [6.07, 6.45) is 0.899. The zero-order chi connectivity index (χ0) is 28.8. The Hall–Kier alpha value is -2.37. The Balaban J connectivity index is 1.48. The molecule has 0 spiro atoms. The van der Waals surface area contributed by atoms with Crippen molar-refractivity contribution in [2.75, 3.05) is 39.3 Å². The molecule has 3 fully saturated rings. The van der Waals surface area contributed by atoms with Crippen molar-refractivity contribution in [3.8, 4) is 0 Å². The van der Waals surface area contributed by atoms with Crippen molar-refractivity contribution in [3.05, 3.63) is 34.9 Å². The fraction of sp³-hybridized carbons (Fsp3) is 0.679. The Labute approximate surface area is 238 Å². The van der Waals surface area contributed by atoms with Crippen LogP contribution >= 0.6 is 11.6 Å². The van der Waals surface area contributed by atoms with Crippen LogP contribution in [-0.4, -0.2) is 80.1 Å². The third-order valence-electron chi connectivity index (χ3n) is 8.58. The van der Waals surface area contributed by atoms with Crippen molar-refractivity contribution in [3.63, 3.8) is 0 Å². The number of benzene rings is 1. The lowest BCUT2D eigenvalue weighted by molar-refractivity contribution is -0.153. The summed E-state index contributed by atoms with van der Waals surface area (Å²) in [5.41, 5.74) is -0.104. The minimum absolute atomic E-state index is 0.0128. The van der Waals surface area contributed by atoms with Gasteiger partial charge >= 0.3 is 6.18 Å². The smallest absolute Gasteiger partial charge is 0.346 e. The summed E-state index contributed by atoms with van der Waals surface area (Å²) in [6, 6.07) is 5.78. The molecule has 0 radical (unpaired) electrons. The van der Waals surface area contributed by atoms with E-state index in [9.17, 15) is 27.6 Å². The van der Waals surface area contributed by atoms with E-state index >= 15 is 0 Å². The van der Waals surface area contributed by atoms with Gasteiger partial charge in [0.15, 0.2) is 0 Å². The van der Waals surface area contributed by atoms with Gasteiger partial charge < -0.3 is 26.2 Å². The molecule has 12 heteroatoms. The van der Waals surface area contributed by atoms with Gasteiger partial charge in [0.05, 0.1) is 11.5 Å². The Bertz CT molecular complexity index is 1020. The first-order chi connectivity index (χ1) is 19.1. The van der Waals surface area contributed by atoms with Crippen LogP contribution < -0.4 is 21.3 Å². The molecule has 1 aromatic carbocycles. The summed E-state index contributed by atoms with van der Waals surface area (Å²) in [6.45, 7) is 0.968. The number of carbonyl (C=O) groups excluding carboxylic acids is 3. The van der Waals surface area contributed by atoms with Gasteiger partial charge in [0.25, 0.3) is 0 Å². The average Bonchev–Trinajstić information content (AvgIpc) is 2.97. The number of piperazine rings is 1. The lowest BCUT2D eigenvalue weighted by Crippen LogP contribution is -2.61. The number of carbonyl (C=O) groups is 3. The molecule has 1 aromatic rings. The molecule has 222 valence electrons. The van der Waals surface area contributed by atoms with E-state index in [4.69, 9.17) is 11.6 Å². The van der Waals surface area contributed by atoms with Crippen LogP contribution in [0.4, 0.5) is 13.2 Å². The Kier molecular flexibility index (Phi) is 10.3. The number of rotatable bonds is 8. The summed E-state index contributed by atoms with van der Waals surface area (Å²) >= 11 is 6.03. The lowest BCUT2D eigenvalue weighted by atomic mass is 9.63. The first-order valence-corrected chi connectivity index (χ1v) is 14.6. The van der Waals surface area contributed by atoms with Crippen molar-refractivity contribution < 1.29 is 27.6 Å². The SMILES string of the molecule is O=C(N[C@H](Cc1ccc(Cl)cc1)C(=O)N1CCC(C(=O)NCC(F)(F)F)(C2CCCCC2)CC1)[C@@H]1CNCCN1. The number of alkyl halides is 3. The van der Waals surface area contributed by atoms with E-state index in [2.05, 4.69) is 21.3 Å². The van der Waals surface area contributed by atoms with E-state index in [1.54, 1.807) is 17.0 Å². The monoisotopic (exact) mass is 585 g/mol. The quantitative estimate of drug-likeness (QED) is 0.376. The van der Waals surface area contributed by atoms with E-state index < -0.39 is 36.1 Å². The molecule has 0 unspecified atom stereocenters. The largest absolute Gasteiger partial charge is 0.405 e. The van der Waals surface area contributed by atoms with Gasteiger partial charge in [-0.3, -0.25) is 14.4 Å². The highest BCUT2D eigenvalue weighted by Crippen LogP contribution is 2.46. The first-order valence-electron chi connectivity index (χ1n) is 14.2. The molecule has 2 atom stereocenters. The Morgan fingerprint density at radius 2 is 1.73 bits per heavy atom. The van der Waals surface area contributed by atoms with Crippen LogP contribution in [0.15, 0.2) is 24.3 Å². The molecule has 2 aliphatic heterocycles. The van der Waals surface area contributed by atoms with Crippen LogP contribution in [0, 0.1) is 11.3 Å². The second-order valence-corrected chi connectivity index (χ2v) is 11.7. The normalized spacial score (nSPS) is 22.8. The van der Waals surface area contributed by atoms with Crippen molar-refractivity contribution in [1.82, 2.24) is 26.2 Å². The third kappa shape index (κ3) is 7.88. The van der Waals surface area contributed by atoms with Gasteiger partial charge in [-0.15, -0.1) is 0 Å². The standard InChI is InChI=1S/C28H39ClF3N5O3/c29-21-8-6-19(7-9-21)16-22(36-24(38)23-17-33-12-13-34-23)25(39)37-14-10-27(11-15-37,20-4-2-1-3-5-20)26(40)35-18-28(30,31)32/h6-9,20,22-23,33-34H,1-5,10-18H2,(H,35,40)(H,36,38)/t22-,23+/m1/s1. The summed E-state index contributed by atoms with van der Waals surface area (Å²) < 4.78 is 38.8. The fourth-order valence-electron chi connectivity index (χ4n) is 6.35. The van der Waals surface area contributed by atoms with Crippen LogP contribution in [0.5, 0.6) is 0 Å². The lowest BCUT2D eigenvalue weighted by Gasteiger charge is -2.47. The highest BCUT2D eigenvalue weighted by molar-refractivity contribution is 6.30. The number of amides is 3. The predicted octanol–water partition coefficient (Wildman–Crippen LogP) is 2.80. The molecule has 3 amide bonds. The van der Waals surface area contributed by atoms with Crippen molar-refractivity contribution >= 4 is 29.3 Å². The van der Waals surface area contributed by atoms with E-state index in [0.29, 0.717) is 31.0 Å². The molecule has 0 bridgehead atoms. The van der Waals surface area contributed by atoms with E-state index in [1.807, 2.05) is 12.1 Å². The minimum atomic E-state index is -4.49. The van der Waals surface area contributed by atoms with Gasteiger partial charge in [0.2, 0.25) is 17.7 Å². The molecule has 2 heterocycles. The predicted molar refractivity (Wildman–Crippen MR) is 146 cm³/mol. The highest BCUT2D eigenvalue weighted by Gasteiger charge is 2.49. The van der Waals surface area contributed by atoms with Crippen molar-refractivity contribution in [2.45, 2.75) is 69.6 Å². The minimum Gasteiger partial charge on any atom is -0.346 e. The topological polar surface area (TPSA) is 103 Å². The molecule has 1 aliphatic carbocycles. The van der Waals surface area contributed by atoms with Gasteiger partial charge in [-0.05, 0) is 49.3 Å². The van der Waals surface area contributed by atoms with Gasteiger partial charge in [0, 0.05) is 44.2 Å². The molecule has 40 heavy (non-hydrogen) atoms. The van der Waals surface area contributed by atoms with Gasteiger partial charge in [-0.1, -0.05) is 43.0 Å². The second kappa shape index (κ2) is 13.5. The summed E-state index contributed by atoms with van der Waals surface area (Å²) in [5, 5.41) is 12.0. The van der Waals surface area contributed by atoms with Gasteiger partial charge in [-0.25, -0.2) is 0 Å². The fourth-order valence-corrected chi connectivity index (χ4v) is 6.47. The maximum atomic E-state index is 13.8. The average molecular weight is 586 g/mol. The first kappa shape index (κ1) is 30.6. The van der Waals surface area contributed by atoms with Crippen LogP contribution in [0.1, 0.15) is 50.5 Å². The van der Waals surface area contributed by atoms with Crippen molar-refractivity contribution in [1.29, 1.82) is 0 Å². The number of hydrogen-bond donors (Lipinski definition) is 4. The number of nitrogens with zero attached hydrogens (tertiary/aromatic N) is 1. The molecule has 4 N–H and O–H groups in total. The van der Waals surface area contributed by atoms with Crippen LogP contribution in [0.3, 0.4) is 0 Å². The summed E-state index contributed by atoms with van der Waals surface area (Å²) in [4.78, 5) is 41.8. The summed E-state index contributed by atoms with van der Waals surface area (Å²) in [7, 11) is 0. The second-order valence-electron chi connectivity index (χ2n) is 11.2. The Morgan fingerprint density at radius 3 is 2.33 bits per heavy atom. The maximum Gasteiger partial charge on any atom is 0.405 e. The van der Waals surface area contributed by atoms with E-state index in [0.717, 1.165) is 44.2 Å². The maximum absolute atomic E-state index is 13.8. The molecule has 8 nitrogen and oxygen atoms in total. The molecule has 1 saturated carbocycles. The van der Waals surface area contributed by atoms with Crippen LogP contribution in [-0.2, 0) is 20.8 Å². The zero-order valence-electron chi connectivity index (χ0n) is 22.6. The number of nitrogens with one attached hydrogen (secondary N) is 4. The number of piperidine rings is 1. The van der Waals surface area contributed by atoms with Crippen molar-refractivity contribution in [2.24, 2.45) is 11.3 Å². The number of likely N-dealkylation sites (tertiary alicyclic amines) is 1. The Morgan fingerprint density at radius 1 is 1.05 bits per heavy atom. The van der Waals surface area contributed by atoms with Gasteiger partial charge in [0.1, 0.15) is 12.6 Å². The highest BCUT2D eigenvalue weighted by atomic mass is 35.5. The van der Waals surface area contributed by atoms with Crippen LogP contribution in [0.2, 0.25) is 5.02 Å². The summed E-state index contributed by atoms with van der Waals surface area (Å²) in [5.74, 6) is -1.12. The number of hydrogen-bond acceptors (Lipinski definition) is 5. The van der Waals surface area contributed by atoms with E-state index in [1.165, 1.54) is 0 Å². The van der Waals surface area contributed by atoms with Crippen LogP contribution in [0.25, 0.3) is 0 Å². The molecular formula is C28H39ClF3N5O3. The molecular weight excluding hydrogens is 547 g/mol. The number of halogens is 4. The molecule has 3 aliphatic rings. The molecule has 0 aromatic heterocycles. The van der Waals surface area contributed by atoms with E-state index in [-0.39, 0.29) is 37.2 Å². The molecule has 2 saturated heterocycles. The zero-order valence-corrected chi connectivity index (χ0v) is 23.4. The molecule has 4 rings (SSSR count).